The molecule has 0 unspecified atom stereocenters. The summed E-state index contributed by atoms with van der Waals surface area (Å²) in [6.45, 7) is 7.63. The Morgan fingerprint density at radius 3 is 2.74 bits per heavy atom. The van der Waals surface area contributed by atoms with Gasteiger partial charge < -0.3 is 14.3 Å². The van der Waals surface area contributed by atoms with E-state index >= 15 is 0 Å². The van der Waals surface area contributed by atoms with Crippen molar-refractivity contribution in [2.24, 2.45) is 0 Å². The Balaban J connectivity index is 1.24. The van der Waals surface area contributed by atoms with Crippen molar-refractivity contribution in [2.75, 3.05) is 37.6 Å². The SMILES string of the molecule is Cc1cccc2occ(CCN3CCN(c4cccc5[nH]ccc45)CC3)c12. The molecule has 0 atom stereocenters. The van der Waals surface area contributed by atoms with Crippen molar-refractivity contribution in [3.63, 3.8) is 0 Å². The molecule has 2 aromatic carbocycles. The van der Waals surface area contributed by atoms with Crippen LogP contribution >= 0.6 is 0 Å². The minimum atomic E-state index is 1.01. The summed E-state index contributed by atoms with van der Waals surface area (Å²) >= 11 is 0. The Morgan fingerprint density at radius 1 is 1.00 bits per heavy atom. The third-order valence-electron chi connectivity index (χ3n) is 5.87. The van der Waals surface area contributed by atoms with Crippen LogP contribution in [-0.2, 0) is 6.42 Å². The highest BCUT2D eigenvalue weighted by molar-refractivity contribution is 5.92. The van der Waals surface area contributed by atoms with Crippen LogP contribution in [0, 0.1) is 6.92 Å². The summed E-state index contributed by atoms with van der Waals surface area (Å²) in [5.74, 6) is 0. The first-order valence-corrected chi connectivity index (χ1v) is 9.79. The summed E-state index contributed by atoms with van der Waals surface area (Å²) in [6.07, 6.45) is 5.02. The number of H-pyrrole nitrogens is 1. The number of hydrogen-bond acceptors (Lipinski definition) is 3. The van der Waals surface area contributed by atoms with E-state index in [0.717, 1.165) is 44.7 Å². The van der Waals surface area contributed by atoms with E-state index in [1.165, 1.54) is 33.1 Å². The van der Waals surface area contributed by atoms with E-state index in [1.54, 1.807) is 0 Å². The van der Waals surface area contributed by atoms with Crippen LogP contribution in [0.5, 0.6) is 0 Å². The molecule has 1 fully saturated rings. The molecule has 138 valence electrons. The second-order valence-electron chi connectivity index (χ2n) is 7.50. The molecule has 0 amide bonds. The van der Waals surface area contributed by atoms with Gasteiger partial charge in [-0.3, -0.25) is 4.90 Å². The molecular formula is C23H25N3O. The van der Waals surface area contributed by atoms with Crippen LogP contribution in [0.25, 0.3) is 21.9 Å². The monoisotopic (exact) mass is 359 g/mol. The third kappa shape index (κ3) is 3.00. The topological polar surface area (TPSA) is 35.4 Å². The summed E-state index contributed by atoms with van der Waals surface area (Å²) in [5, 5.41) is 2.63. The number of nitrogens with zero attached hydrogens (tertiary/aromatic N) is 2. The molecule has 0 saturated carbocycles. The number of nitrogens with one attached hydrogen (secondary N) is 1. The highest BCUT2D eigenvalue weighted by atomic mass is 16.3. The van der Waals surface area contributed by atoms with Gasteiger partial charge in [0.05, 0.1) is 6.26 Å². The summed E-state index contributed by atoms with van der Waals surface area (Å²) < 4.78 is 5.75. The van der Waals surface area contributed by atoms with Crippen molar-refractivity contribution in [3.05, 3.63) is 66.1 Å². The molecule has 5 rings (SSSR count). The van der Waals surface area contributed by atoms with Crippen LogP contribution in [0.4, 0.5) is 5.69 Å². The number of aryl methyl sites for hydroxylation is 1. The fourth-order valence-corrected chi connectivity index (χ4v) is 4.36. The largest absolute Gasteiger partial charge is 0.464 e. The fourth-order valence-electron chi connectivity index (χ4n) is 4.36. The molecule has 27 heavy (non-hydrogen) atoms. The Morgan fingerprint density at radius 2 is 1.85 bits per heavy atom. The molecule has 1 saturated heterocycles. The summed E-state index contributed by atoms with van der Waals surface area (Å²) in [4.78, 5) is 8.41. The summed E-state index contributed by atoms with van der Waals surface area (Å²) in [6, 6.07) is 15.0. The average molecular weight is 359 g/mol. The molecule has 1 aliphatic rings. The maximum absolute atomic E-state index is 5.75. The lowest BCUT2D eigenvalue weighted by molar-refractivity contribution is 0.261. The molecule has 3 heterocycles. The zero-order valence-electron chi connectivity index (χ0n) is 15.7. The predicted octanol–water partition coefficient (Wildman–Crippen LogP) is 4.59. The molecule has 1 aliphatic heterocycles. The van der Waals surface area contributed by atoms with E-state index in [9.17, 15) is 0 Å². The van der Waals surface area contributed by atoms with Gasteiger partial charge in [-0.15, -0.1) is 0 Å². The normalized spacial score (nSPS) is 15.8. The van der Waals surface area contributed by atoms with Gasteiger partial charge in [-0.1, -0.05) is 18.2 Å². The molecule has 4 heteroatoms. The van der Waals surface area contributed by atoms with E-state index < -0.39 is 0 Å². The van der Waals surface area contributed by atoms with Crippen LogP contribution < -0.4 is 4.90 Å². The van der Waals surface area contributed by atoms with Gasteiger partial charge in [0.25, 0.3) is 0 Å². The number of piperazine rings is 1. The van der Waals surface area contributed by atoms with Crippen molar-refractivity contribution < 1.29 is 4.42 Å². The van der Waals surface area contributed by atoms with Crippen LogP contribution in [-0.4, -0.2) is 42.6 Å². The first kappa shape index (κ1) is 16.5. The van der Waals surface area contributed by atoms with E-state index in [4.69, 9.17) is 4.42 Å². The maximum Gasteiger partial charge on any atom is 0.134 e. The zero-order chi connectivity index (χ0) is 18.2. The molecule has 0 radical (unpaired) electrons. The maximum atomic E-state index is 5.75. The Labute approximate surface area is 159 Å². The number of fused-ring (bicyclic) bond motifs is 2. The zero-order valence-corrected chi connectivity index (χ0v) is 15.7. The highest BCUT2D eigenvalue weighted by Gasteiger charge is 2.19. The number of anilines is 1. The lowest BCUT2D eigenvalue weighted by Gasteiger charge is -2.36. The predicted molar refractivity (Wildman–Crippen MR) is 112 cm³/mol. The molecular weight excluding hydrogens is 334 g/mol. The minimum absolute atomic E-state index is 1.01. The molecule has 1 N–H and O–H groups in total. The van der Waals surface area contributed by atoms with Gasteiger partial charge in [-0.05, 0) is 48.7 Å². The van der Waals surface area contributed by atoms with Crippen molar-refractivity contribution in [3.8, 4) is 0 Å². The van der Waals surface area contributed by atoms with Crippen LogP contribution in [0.1, 0.15) is 11.1 Å². The number of furan rings is 1. The second-order valence-corrected chi connectivity index (χ2v) is 7.50. The highest BCUT2D eigenvalue weighted by Crippen LogP contribution is 2.28. The van der Waals surface area contributed by atoms with Gasteiger partial charge in [-0.25, -0.2) is 0 Å². The van der Waals surface area contributed by atoms with Gasteiger partial charge in [0.1, 0.15) is 5.58 Å². The second kappa shape index (κ2) is 6.78. The Hall–Kier alpha value is -2.72. The number of hydrogen-bond donors (Lipinski definition) is 1. The van der Waals surface area contributed by atoms with Gasteiger partial charge in [0.15, 0.2) is 0 Å². The van der Waals surface area contributed by atoms with E-state index in [1.807, 2.05) is 12.5 Å². The molecule has 2 aromatic heterocycles. The van der Waals surface area contributed by atoms with Gasteiger partial charge in [0, 0.05) is 60.9 Å². The van der Waals surface area contributed by atoms with E-state index in [0.29, 0.717) is 0 Å². The third-order valence-corrected chi connectivity index (χ3v) is 5.87. The molecule has 4 aromatic rings. The van der Waals surface area contributed by atoms with E-state index in [-0.39, 0.29) is 0 Å². The van der Waals surface area contributed by atoms with Crippen molar-refractivity contribution >= 4 is 27.6 Å². The first-order chi connectivity index (χ1) is 13.3. The lowest BCUT2D eigenvalue weighted by Crippen LogP contribution is -2.47. The van der Waals surface area contributed by atoms with Crippen LogP contribution in [0.2, 0.25) is 0 Å². The van der Waals surface area contributed by atoms with Gasteiger partial charge in [0.2, 0.25) is 0 Å². The van der Waals surface area contributed by atoms with Crippen molar-refractivity contribution in [2.45, 2.75) is 13.3 Å². The van der Waals surface area contributed by atoms with Gasteiger partial charge in [-0.2, -0.15) is 0 Å². The number of rotatable bonds is 4. The molecule has 0 aliphatic carbocycles. The summed E-state index contributed by atoms with van der Waals surface area (Å²) in [7, 11) is 0. The summed E-state index contributed by atoms with van der Waals surface area (Å²) in [5.41, 5.74) is 6.22. The molecule has 4 nitrogen and oxygen atoms in total. The first-order valence-electron chi connectivity index (χ1n) is 9.79. The van der Waals surface area contributed by atoms with E-state index in [2.05, 4.69) is 64.2 Å². The average Bonchev–Trinajstić information content (AvgIpc) is 3.34. The van der Waals surface area contributed by atoms with Crippen LogP contribution in [0.3, 0.4) is 0 Å². The van der Waals surface area contributed by atoms with Gasteiger partial charge >= 0.3 is 0 Å². The molecule has 0 spiro atoms. The minimum Gasteiger partial charge on any atom is -0.464 e. The fraction of sp³-hybridized carbons (Fsp3) is 0.304. The quantitative estimate of drug-likeness (QED) is 0.579. The van der Waals surface area contributed by atoms with Crippen LogP contribution in [0.15, 0.2) is 59.3 Å². The Kier molecular flexibility index (Phi) is 4.13. The lowest BCUT2D eigenvalue weighted by atomic mass is 10.1. The van der Waals surface area contributed by atoms with Crippen molar-refractivity contribution in [1.82, 2.24) is 9.88 Å². The smallest absolute Gasteiger partial charge is 0.134 e. The number of aromatic nitrogens is 1. The van der Waals surface area contributed by atoms with Crippen molar-refractivity contribution in [1.29, 1.82) is 0 Å². The standard InChI is InChI=1S/C23H25N3O/c1-17-4-2-7-22-23(17)18(16-27-22)9-11-25-12-14-26(15-13-25)21-6-3-5-20-19(21)8-10-24-20/h2-8,10,16,24H,9,11-15H2,1H3. The number of aromatic amines is 1. The molecule has 0 bridgehead atoms. The number of benzene rings is 2. The Bertz CT molecular complexity index is 1070.